The Balaban J connectivity index is 1.93. The molecule has 0 nitrogen and oxygen atoms in total. The molecule has 0 N–H and O–H groups in total. The van der Waals surface area contributed by atoms with Gasteiger partial charge in [-0.1, -0.05) is 61.0 Å². The highest BCUT2D eigenvalue weighted by molar-refractivity contribution is 6.61. The summed E-state index contributed by atoms with van der Waals surface area (Å²) in [4.78, 5) is 0. The molecule has 2 heteroatoms. The van der Waals surface area contributed by atoms with Crippen molar-refractivity contribution >= 4 is 25.1 Å². The molecular weight excluding hydrogens is 200 g/mol. The van der Waals surface area contributed by atoms with E-state index in [9.17, 15) is 0 Å². The average molecular weight is 214 g/mol. The minimum Gasteiger partial charge on any atom is -0.0870 e. The third kappa shape index (κ3) is 2.96. The second kappa shape index (κ2) is 5.32. The minimum atomic E-state index is 0.893. The van der Waals surface area contributed by atoms with Crippen molar-refractivity contribution < 1.29 is 0 Å². The Kier molecular flexibility index (Phi) is 3.77. The predicted molar refractivity (Wildman–Crippen MR) is 65.0 cm³/mol. The SMILES string of the molecule is C(=C\C1[Si]CCC[Si]1)/c1ccccc1. The maximum Gasteiger partial charge on any atom is 0.0421 e. The maximum atomic E-state index is 2.42. The van der Waals surface area contributed by atoms with Crippen LogP contribution in [0.25, 0.3) is 6.08 Å². The Hall–Kier alpha value is -0.606. The molecule has 1 fully saturated rings. The summed E-state index contributed by atoms with van der Waals surface area (Å²) < 4.78 is 0. The van der Waals surface area contributed by atoms with Crippen LogP contribution in [0.5, 0.6) is 0 Å². The number of benzene rings is 1. The van der Waals surface area contributed by atoms with Crippen molar-refractivity contribution in [2.45, 2.75) is 23.7 Å². The zero-order chi connectivity index (χ0) is 9.64. The van der Waals surface area contributed by atoms with Gasteiger partial charge in [-0.3, -0.25) is 0 Å². The molecule has 0 unspecified atom stereocenters. The third-order valence-electron chi connectivity index (χ3n) is 2.36. The van der Waals surface area contributed by atoms with E-state index in [1.54, 1.807) is 0 Å². The van der Waals surface area contributed by atoms with Gasteiger partial charge in [0, 0.05) is 19.0 Å². The lowest BCUT2D eigenvalue weighted by atomic mass is 10.2. The number of rotatable bonds is 2. The van der Waals surface area contributed by atoms with Gasteiger partial charge in [-0.25, -0.2) is 0 Å². The van der Waals surface area contributed by atoms with Crippen molar-refractivity contribution in [2.24, 2.45) is 0 Å². The van der Waals surface area contributed by atoms with Crippen molar-refractivity contribution in [1.82, 2.24) is 0 Å². The maximum absolute atomic E-state index is 2.42. The molecule has 2 rings (SSSR count). The highest BCUT2D eigenvalue weighted by Crippen LogP contribution is 2.18. The van der Waals surface area contributed by atoms with Gasteiger partial charge in [-0.2, -0.15) is 0 Å². The summed E-state index contributed by atoms with van der Waals surface area (Å²) in [7, 11) is 2.34. The van der Waals surface area contributed by atoms with Crippen LogP contribution in [0, 0.1) is 0 Å². The monoisotopic (exact) mass is 214 g/mol. The predicted octanol–water partition coefficient (Wildman–Crippen LogP) is 3.09. The molecule has 0 aromatic heterocycles. The van der Waals surface area contributed by atoms with E-state index < -0.39 is 0 Å². The van der Waals surface area contributed by atoms with Crippen LogP contribution in [0.15, 0.2) is 36.4 Å². The van der Waals surface area contributed by atoms with Crippen LogP contribution in [0.1, 0.15) is 12.0 Å². The van der Waals surface area contributed by atoms with Gasteiger partial charge in [0.15, 0.2) is 0 Å². The molecular formula is C12H14Si2. The zero-order valence-corrected chi connectivity index (χ0v) is 10.2. The molecule has 0 amide bonds. The topological polar surface area (TPSA) is 0 Å². The Morgan fingerprint density at radius 2 is 1.79 bits per heavy atom. The fraction of sp³-hybridized carbons (Fsp3) is 0.333. The van der Waals surface area contributed by atoms with Crippen LogP contribution in [0.4, 0.5) is 0 Å². The number of allylic oxidation sites excluding steroid dienone is 1. The molecule has 1 aromatic carbocycles. The van der Waals surface area contributed by atoms with E-state index in [1.165, 1.54) is 43.1 Å². The zero-order valence-electron chi connectivity index (χ0n) is 8.24. The molecule has 0 spiro atoms. The van der Waals surface area contributed by atoms with Crippen LogP contribution < -0.4 is 0 Å². The number of hydrogen-bond acceptors (Lipinski definition) is 0. The summed E-state index contributed by atoms with van der Waals surface area (Å²) in [6.45, 7) is 0. The van der Waals surface area contributed by atoms with Crippen molar-refractivity contribution in [3.8, 4) is 0 Å². The molecule has 1 saturated heterocycles. The summed E-state index contributed by atoms with van der Waals surface area (Å²) in [5.41, 5.74) is 1.34. The Bertz CT molecular complexity index is 286. The van der Waals surface area contributed by atoms with E-state index in [4.69, 9.17) is 0 Å². The van der Waals surface area contributed by atoms with Crippen molar-refractivity contribution in [3.63, 3.8) is 0 Å². The third-order valence-corrected chi connectivity index (χ3v) is 6.14. The lowest BCUT2D eigenvalue weighted by Crippen LogP contribution is -2.14. The molecule has 1 heterocycles. The van der Waals surface area contributed by atoms with Gasteiger partial charge in [-0.05, 0) is 10.7 Å². The number of hydrogen-bond donors (Lipinski definition) is 0. The first kappa shape index (κ1) is 9.93. The van der Waals surface area contributed by atoms with E-state index in [0.29, 0.717) is 0 Å². The Labute approximate surface area is 91.1 Å². The summed E-state index contributed by atoms with van der Waals surface area (Å²) in [5, 5.41) is 0.893. The molecule has 0 atom stereocenters. The molecule has 1 aliphatic rings. The Morgan fingerprint density at radius 1 is 1.07 bits per heavy atom. The van der Waals surface area contributed by atoms with Gasteiger partial charge in [-0.15, -0.1) is 0 Å². The minimum absolute atomic E-state index is 0.893. The largest absolute Gasteiger partial charge is 0.0870 e. The first-order valence-corrected chi connectivity index (χ1v) is 7.72. The van der Waals surface area contributed by atoms with Gasteiger partial charge >= 0.3 is 0 Å². The van der Waals surface area contributed by atoms with E-state index in [2.05, 4.69) is 42.5 Å². The second-order valence-corrected chi connectivity index (χ2v) is 7.15. The second-order valence-electron chi connectivity index (χ2n) is 3.51. The summed E-state index contributed by atoms with van der Waals surface area (Å²) in [6.07, 6.45) is 6.17. The van der Waals surface area contributed by atoms with E-state index >= 15 is 0 Å². The van der Waals surface area contributed by atoms with Gasteiger partial charge in [0.05, 0.1) is 0 Å². The fourth-order valence-corrected chi connectivity index (χ4v) is 5.23. The van der Waals surface area contributed by atoms with Crippen molar-refractivity contribution in [1.29, 1.82) is 0 Å². The lowest BCUT2D eigenvalue weighted by molar-refractivity contribution is 1.02. The Morgan fingerprint density at radius 3 is 2.50 bits per heavy atom. The van der Waals surface area contributed by atoms with Crippen LogP contribution in [0.2, 0.25) is 17.3 Å². The molecule has 4 radical (unpaired) electrons. The summed E-state index contributed by atoms with van der Waals surface area (Å²) in [6, 6.07) is 13.5. The summed E-state index contributed by atoms with van der Waals surface area (Å²) >= 11 is 0. The van der Waals surface area contributed by atoms with Gasteiger partial charge in [0.25, 0.3) is 0 Å². The van der Waals surface area contributed by atoms with Gasteiger partial charge in [0.2, 0.25) is 0 Å². The fourth-order valence-electron chi connectivity index (χ4n) is 1.58. The molecule has 1 aromatic rings. The average Bonchev–Trinajstić information content (AvgIpc) is 2.29. The first-order chi connectivity index (χ1) is 6.95. The molecule has 70 valence electrons. The van der Waals surface area contributed by atoms with Crippen molar-refractivity contribution in [3.05, 3.63) is 42.0 Å². The lowest BCUT2D eigenvalue weighted by Gasteiger charge is -2.15. The van der Waals surface area contributed by atoms with E-state index in [1.807, 2.05) is 0 Å². The van der Waals surface area contributed by atoms with E-state index in [0.717, 1.165) is 5.16 Å². The summed E-state index contributed by atoms with van der Waals surface area (Å²) in [5.74, 6) is 0. The normalized spacial score (nSPS) is 18.9. The van der Waals surface area contributed by atoms with Crippen LogP contribution in [-0.2, 0) is 0 Å². The first-order valence-electron chi connectivity index (χ1n) is 5.15. The van der Waals surface area contributed by atoms with Crippen LogP contribution in [0.3, 0.4) is 0 Å². The van der Waals surface area contributed by atoms with Gasteiger partial charge < -0.3 is 0 Å². The molecule has 0 saturated carbocycles. The molecule has 0 bridgehead atoms. The highest BCUT2D eigenvalue weighted by Gasteiger charge is 2.11. The van der Waals surface area contributed by atoms with Crippen LogP contribution in [-0.4, -0.2) is 19.0 Å². The van der Waals surface area contributed by atoms with Crippen LogP contribution >= 0.6 is 0 Å². The molecule has 14 heavy (non-hydrogen) atoms. The van der Waals surface area contributed by atoms with Crippen molar-refractivity contribution in [2.75, 3.05) is 0 Å². The molecule has 0 aliphatic carbocycles. The standard InChI is InChI=1S/C12H14Si2/c1-2-5-11(6-3-1)7-8-12-13-9-4-10-14-12/h1-3,5-8,12H,4,9-10H2/b8-7+. The van der Waals surface area contributed by atoms with E-state index in [-0.39, 0.29) is 0 Å². The van der Waals surface area contributed by atoms with Gasteiger partial charge in [0.1, 0.15) is 0 Å². The highest BCUT2D eigenvalue weighted by atomic mass is 28.3. The quantitative estimate of drug-likeness (QED) is 0.664. The smallest absolute Gasteiger partial charge is 0.0421 e. The molecule has 1 aliphatic heterocycles.